The van der Waals surface area contributed by atoms with Crippen LogP contribution in [0, 0.1) is 6.92 Å². The number of aromatic nitrogens is 1. The van der Waals surface area contributed by atoms with E-state index in [2.05, 4.69) is 4.98 Å². The van der Waals surface area contributed by atoms with Crippen molar-refractivity contribution in [3.8, 4) is 0 Å². The van der Waals surface area contributed by atoms with Gasteiger partial charge in [-0.1, -0.05) is 17.7 Å². The molecule has 0 spiro atoms. The molecule has 1 aromatic heterocycles. The second-order valence-corrected chi connectivity index (χ2v) is 8.62. The Balaban J connectivity index is 1.71. The molecule has 0 unspecified atom stereocenters. The number of anilines is 1. The van der Waals surface area contributed by atoms with Crippen LogP contribution in [-0.4, -0.2) is 30.8 Å². The molecule has 2 N–H and O–H groups in total. The van der Waals surface area contributed by atoms with Gasteiger partial charge in [-0.05, 0) is 37.8 Å². The van der Waals surface area contributed by atoms with Crippen molar-refractivity contribution < 1.29 is 8.42 Å². The summed E-state index contributed by atoms with van der Waals surface area (Å²) in [5, 5.41) is 0.574. The quantitative estimate of drug-likeness (QED) is 0.934. The third-order valence-electron chi connectivity index (χ3n) is 4.06. The number of thiazole rings is 1. The van der Waals surface area contributed by atoms with Crippen molar-refractivity contribution in [1.82, 2.24) is 9.29 Å². The highest BCUT2D eigenvalue weighted by atomic mass is 32.2. The first kappa shape index (κ1) is 15.5. The molecule has 0 aliphatic carbocycles. The fourth-order valence-corrected chi connectivity index (χ4v) is 5.05. The van der Waals surface area contributed by atoms with E-state index in [1.807, 2.05) is 25.3 Å². The topological polar surface area (TPSA) is 76.3 Å². The molecule has 2 heterocycles. The zero-order valence-corrected chi connectivity index (χ0v) is 14.0. The fraction of sp³-hybridized carbons (Fsp3) is 0.400. The third-order valence-corrected chi connectivity index (χ3v) is 6.96. The lowest BCUT2D eigenvalue weighted by molar-refractivity contribution is 0.321. The van der Waals surface area contributed by atoms with Crippen LogP contribution in [0.2, 0.25) is 0 Å². The number of benzene rings is 1. The molecule has 0 amide bonds. The Labute approximate surface area is 134 Å². The van der Waals surface area contributed by atoms with Crippen molar-refractivity contribution >= 4 is 26.5 Å². The van der Waals surface area contributed by atoms with Crippen molar-refractivity contribution in [2.45, 2.75) is 30.6 Å². The van der Waals surface area contributed by atoms with Crippen LogP contribution >= 0.6 is 11.3 Å². The van der Waals surface area contributed by atoms with Gasteiger partial charge in [-0.15, -0.1) is 11.3 Å². The number of rotatable bonds is 3. The highest BCUT2D eigenvalue weighted by molar-refractivity contribution is 7.89. The number of sulfonamides is 1. The van der Waals surface area contributed by atoms with Gasteiger partial charge in [-0.3, -0.25) is 0 Å². The van der Waals surface area contributed by atoms with E-state index in [0.717, 1.165) is 23.3 Å². The van der Waals surface area contributed by atoms with Gasteiger partial charge in [0.25, 0.3) is 0 Å². The summed E-state index contributed by atoms with van der Waals surface area (Å²) in [5.41, 5.74) is 6.73. The molecule has 5 nitrogen and oxygen atoms in total. The zero-order valence-electron chi connectivity index (χ0n) is 12.4. The van der Waals surface area contributed by atoms with Crippen LogP contribution in [0.15, 0.2) is 35.4 Å². The number of nitrogens with zero attached hydrogens (tertiary/aromatic N) is 2. The van der Waals surface area contributed by atoms with Crippen molar-refractivity contribution in [2.24, 2.45) is 0 Å². The normalized spacial score (nSPS) is 17.7. The molecule has 3 rings (SSSR count). The molecule has 118 valence electrons. The Morgan fingerprint density at radius 3 is 2.41 bits per heavy atom. The Kier molecular flexibility index (Phi) is 4.20. The van der Waals surface area contributed by atoms with Crippen LogP contribution in [0.5, 0.6) is 0 Å². The molecule has 1 aliphatic rings. The molecule has 0 radical (unpaired) electrons. The van der Waals surface area contributed by atoms with Crippen molar-refractivity contribution in [1.29, 1.82) is 0 Å². The lowest BCUT2D eigenvalue weighted by Gasteiger charge is -2.30. The smallest absolute Gasteiger partial charge is 0.243 e. The summed E-state index contributed by atoms with van der Waals surface area (Å²) in [4.78, 5) is 5.61. The van der Waals surface area contributed by atoms with Gasteiger partial charge in [-0.2, -0.15) is 4.31 Å². The standard InChI is InChI=1S/C15H19N3O2S2/c1-11-2-4-13(5-3-11)22(19,20)18-8-6-12(7-9-18)14-10-17-15(16)21-14/h2-5,10,12H,6-9H2,1H3,(H2,16,17). The fourth-order valence-electron chi connectivity index (χ4n) is 2.73. The predicted molar refractivity (Wildman–Crippen MR) is 88.4 cm³/mol. The van der Waals surface area contributed by atoms with Crippen LogP contribution in [0.3, 0.4) is 0 Å². The van der Waals surface area contributed by atoms with Gasteiger partial charge in [-0.25, -0.2) is 13.4 Å². The SMILES string of the molecule is Cc1ccc(S(=O)(=O)N2CCC(c3cnc(N)s3)CC2)cc1. The molecule has 2 aromatic rings. The zero-order chi connectivity index (χ0) is 15.7. The molecule has 1 fully saturated rings. The maximum Gasteiger partial charge on any atom is 0.243 e. The molecule has 1 aromatic carbocycles. The molecular weight excluding hydrogens is 318 g/mol. The number of piperidine rings is 1. The van der Waals surface area contributed by atoms with Gasteiger partial charge in [0.2, 0.25) is 10.0 Å². The minimum Gasteiger partial charge on any atom is -0.375 e. The molecule has 7 heteroatoms. The van der Waals surface area contributed by atoms with E-state index in [1.165, 1.54) is 11.3 Å². The first-order chi connectivity index (χ1) is 10.5. The maximum absolute atomic E-state index is 12.6. The Bertz CT molecular complexity index is 745. The van der Waals surface area contributed by atoms with Crippen LogP contribution in [-0.2, 0) is 10.0 Å². The van der Waals surface area contributed by atoms with E-state index in [-0.39, 0.29) is 0 Å². The van der Waals surface area contributed by atoms with E-state index in [0.29, 0.717) is 29.0 Å². The van der Waals surface area contributed by atoms with E-state index >= 15 is 0 Å². The largest absolute Gasteiger partial charge is 0.375 e. The van der Waals surface area contributed by atoms with E-state index in [1.54, 1.807) is 16.4 Å². The van der Waals surface area contributed by atoms with Gasteiger partial charge in [0.05, 0.1) is 4.90 Å². The van der Waals surface area contributed by atoms with Gasteiger partial charge in [0, 0.05) is 24.2 Å². The van der Waals surface area contributed by atoms with Gasteiger partial charge >= 0.3 is 0 Å². The summed E-state index contributed by atoms with van der Waals surface area (Å²) in [5.74, 6) is 0.360. The minimum atomic E-state index is -3.38. The molecule has 0 saturated carbocycles. The first-order valence-corrected chi connectivity index (χ1v) is 9.50. The van der Waals surface area contributed by atoms with Crippen LogP contribution in [0.1, 0.15) is 29.2 Å². The number of hydrogen-bond acceptors (Lipinski definition) is 5. The van der Waals surface area contributed by atoms with Crippen LogP contribution in [0.25, 0.3) is 0 Å². The number of nitrogen functional groups attached to an aromatic ring is 1. The number of nitrogens with two attached hydrogens (primary N) is 1. The average molecular weight is 337 g/mol. The third kappa shape index (κ3) is 3.02. The molecular formula is C15H19N3O2S2. The number of hydrogen-bond donors (Lipinski definition) is 1. The van der Waals surface area contributed by atoms with Crippen molar-refractivity contribution in [3.05, 3.63) is 40.9 Å². The lowest BCUT2D eigenvalue weighted by atomic mass is 9.97. The van der Waals surface area contributed by atoms with Gasteiger partial charge < -0.3 is 5.73 Å². The van der Waals surface area contributed by atoms with Crippen LogP contribution in [0.4, 0.5) is 5.13 Å². The summed E-state index contributed by atoms with van der Waals surface area (Å²) >= 11 is 1.50. The average Bonchev–Trinajstić information content (AvgIpc) is 2.94. The summed E-state index contributed by atoms with van der Waals surface area (Å²) in [6, 6.07) is 7.03. The molecule has 1 aliphatic heterocycles. The predicted octanol–water partition coefficient (Wildman–Crippen LogP) is 2.60. The highest BCUT2D eigenvalue weighted by Crippen LogP contribution is 2.34. The highest BCUT2D eigenvalue weighted by Gasteiger charge is 2.30. The van der Waals surface area contributed by atoms with E-state index in [9.17, 15) is 8.42 Å². The second-order valence-electron chi connectivity index (χ2n) is 5.59. The van der Waals surface area contributed by atoms with E-state index < -0.39 is 10.0 Å². The molecule has 0 atom stereocenters. The van der Waals surface area contributed by atoms with Gasteiger partial charge in [0.1, 0.15) is 0 Å². The van der Waals surface area contributed by atoms with E-state index in [4.69, 9.17) is 5.73 Å². The van der Waals surface area contributed by atoms with Crippen molar-refractivity contribution in [2.75, 3.05) is 18.8 Å². The van der Waals surface area contributed by atoms with Crippen molar-refractivity contribution in [3.63, 3.8) is 0 Å². The molecule has 0 bridgehead atoms. The second kappa shape index (κ2) is 5.98. The summed E-state index contributed by atoms with van der Waals surface area (Å²) in [6.07, 6.45) is 3.44. The molecule has 1 saturated heterocycles. The summed E-state index contributed by atoms with van der Waals surface area (Å²) in [7, 11) is -3.38. The Morgan fingerprint density at radius 2 is 1.86 bits per heavy atom. The Hall–Kier alpha value is -1.44. The Morgan fingerprint density at radius 1 is 1.23 bits per heavy atom. The summed E-state index contributed by atoms with van der Waals surface area (Å²) < 4.78 is 26.9. The molecule has 22 heavy (non-hydrogen) atoms. The lowest BCUT2D eigenvalue weighted by Crippen LogP contribution is -2.37. The number of aryl methyl sites for hydroxylation is 1. The minimum absolute atomic E-state index is 0.360. The maximum atomic E-state index is 12.6. The summed E-state index contributed by atoms with van der Waals surface area (Å²) in [6.45, 7) is 3.03. The monoisotopic (exact) mass is 337 g/mol. The van der Waals surface area contributed by atoms with Gasteiger partial charge in [0.15, 0.2) is 5.13 Å². The first-order valence-electron chi connectivity index (χ1n) is 7.25. The van der Waals surface area contributed by atoms with Crippen LogP contribution < -0.4 is 5.73 Å².